The van der Waals surface area contributed by atoms with Crippen LogP contribution in [0.25, 0.3) is 0 Å². The van der Waals surface area contributed by atoms with Crippen LogP contribution in [0.5, 0.6) is 0 Å². The molecule has 1 saturated heterocycles. The van der Waals surface area contributed by atoms with Crippen LogP contribution in [0.3, 0.4) is 0 Å². The van der Waals surface area contributed by atoms with Crippen molar-refractivity contribution < 1.29 is 13.2 Å². The Balaban J connectivity index is 1.84. The maximum Gasteiger partial charge on any atom is 0.223 e. The molecule has 25 heavy (non-hydrogen) atoms. The third kappa shape index (κ3) is 6.12. The molecule has 0 bridgehead atoms. The molecule has 0 radical (unpaired) electrons. The smallest absolute Gasteiger partial charge is 0.223 e. The Morgan fingerprint density at radius 3 is 2.12 bits per heavy atom. The second-order valence-electron chi connectivity index (χ2n) is 8.10. The number of piperazine rings is 1. The largest absolute Gasteiger partial charge is 0.340 e. The van der Waals surface area contributed by atoms with Crippen molar-refractivity contribution in [1.82, 2.24) is 9.80 Å². The Labute approximate surface area is 151 Å². The van der Waals surface area contributed by atoms with E-state index >= 15 is 0 Å². The van der Waals surface area contributed by atoms with Gasteiger partial charge < -0.3 is 4.90 Å². The van der Waals surface area contributed by atoms with Gasteiger partial charge in [-0.1, -0.05) is 38.5 Å². The van der Waals surface area contributed by atoms with Gasteiger partial charge in [0.05, 0.1) is 10.6 Å². The van der Waals surface area contributed by atoms with Crippen LogP contribution in [0.15, 0.2) is 29.2 Å². The van der Waals surface area contributed by atoms with Gasteiger partial charge in [0.15, 0.2) is 9.84 Å². The lowest BCUT2D eigenvalue weighted by Gasteiger charge is -2.37. The predicted octanol–water partition coefficient (Wildman–Crippen LogP) is 2.35. The van der Waals surface area contributed by atoms with Crippen molar-refractivity contribution in [3.05, 3.63) is 29.8 Å². The lowest BCUT2D eigenvalue weighted by molar-refractivity contribution is -0.132. The Morgan fingerprint density at radius 1 is 1.04 bits per heavy atom. The van der Waals surface area contributed by atoms with Gasteiger partial charge in [0.25, 0.3) is 0 Å². The minimum Gasteiger partial charge on any atom is -0.340 e. The number of hydrogen-bond donors (Lipinski definition) is 0. The van der Waals surface area contributed by atoms with E-state index in [1.807, 2.05) is 6.92 Å². The third-order valence-electron chi connectivity index (χ3n) is 4.39. The van der Waals surface area contributed by atoms with Crippen molar-refractivity contribution in [1.29, 1.82) is 0 Å². The number of hydrogen-bond acceptors (Lipinski definition) is 4. The molecule has 1 fully saturated rings. The highest BCUT2D eigenvalue weighted by atomic mass is 32.2. The molecule has 1 heterocycles. The quantitative estimate of drug-likeness (QED) is 0.803. The molecule has 0 N–H and O–H groups in total. The van der Waals surface area contributed by atoms with E-state index in [0.717, 1.165) is 25.2 Å². The molecular formula is C19H30N2O3S. The van der Waals surface area contributed by atoms with Gasteiger partial charge >= 0.3 is 0 Å². The predicted molar refractivity (Wildman–Crippen MR) is 100 cm³/mol. The lowest BCUT2D eigenvalue weighted by atomic mass is 9.96. The molecule has 0 atom stereocenters. The molecular weight excluding hydrogens is 336 g/mol. The third-order valence-corrected chi connectivity index (χ3v) is 6.12. The molecule has 1 aliphatic heterocycles. The van der Waals surface area contributed by atoms with Gasteiger partial charge in [-0.25, -0.2) is 8.42 Å². The Bertz CT molecular complexity index is 682. The van der Waals surface area contributed by atoms with Gasteiger partial charge in [0.1, 0.15) is 0 Å². The second-order valence-corrected chi connectivity index (χ2v) is 10.2. The topological polar surface area (TPSA) is 57.7 Å². The normalized spacial score (nSPS) is 16.9. The lowest BCUT2D eigenvalue weighted by Crippen LogP contribution is -2.50. The number of aryl methyl sites for hydroxylation is 1. The van der Waals surface area contributed by atoms with Crippen molar-refractivity contribution in [2.75, 3.05) is 38.5 Å². The monoisotopic (exact) mass is 366 g/mol. The summed E-state index contributed by atoms with van der Waals surface area (Å²) < 4.78 is 24.7. The zero-order chi connectivity index (χ0) is 18.7. The van der Waals surface area contributed by atoms with Crippen LogP contribution in [0.2, 0.25) is 0 Å². The molecule has 1 aliphatic rings. The van der Waals surface area contributed by atoms with Crippen molar-refractivity contribution in [2.45, 2.75) is 39.0 Å². The summed E-state index contributed by atoms with van der Waals surface area (Å²) in [6, 6.07) is 6.78. The number of carbonyl (C=O) groups excluding carboxylic acids is 1. The average molecular weight is 367 g/mol. The Kier molecular flexibility index (Phi) is 6.27. The summed E-state index contributed by atoms with van der Waals surface area (Å²) in [7, 11) is -3.40. The molecule has 0 spiro atoms. The fourth-order valence-electron chi connectivity index (χ4n) is 3.07. The summed E-state index contributed by atoms with van der Waals surface area (Å²) >= 11 is 0. The van der Waals surface area contributed by atoms with Crippen LogP contribution in [0.1, 0.15) is 32.8 Å². The van der Waals surface area contributed by atoms with Gasteiger partial charge in [-0.3, -0.25) is 9.69 Å². The highest BCUT2D eigenvalue weighted by Gasteiger charge is 2.25. The summed E-state index contributed by atoms with van der Waals surface area (Å²) in [5.41, 5.74) is 1.26. The summed E-state index contributed by atoms with van der Waals surface area (Å²) in [6.07, 6.45) is 0.0511. The molecule has 5 nitrogen and oxygen atoms in total. The van der Waals surface area contributed by atoms with Gasteiger partial charge in [0, 0.05) is 39.1 Å². The molecule has 6 heteroatoms. The summed E-state index contributed by atoms with van der Waals surface area (Å²) in [5, 5.41) is 0. The van der Waals surface area contributed by atoms with Gasteiger partial charge in [0.2, 0.25) is 5.91 Å². The first kappa shape index (κ1) is 19.9. The fraction of sp³-hybridized carbons (Fsp3) is 0.632. The SMILES string of the molecule is Cc1ccc(S(=O)(=O)CCC(=O)N2CCN(CC(C)(C)C)CC2)cc1. The van der Waals surface area contributed by atoms with Crippen LogP contribution in [0.4, 0.5) is 0 Å². The Morgan fingerprint density at radius 2 is 1.60 bits per heavy atom. The summed E-state index contributed by atoms with van der Waals surface area (Å²) in [6.45, 7) is 12.6. The molecule has 1 aromatic rings. The van der Waals surface area contributed by atoms with Crippen LogP contribution in [-0.2, 0) is 14.6 Å². The maximum absolute atomic E-state index is 12.4. The minimum absolute atomic E-state index is 0.0511. The summed E-state index contributed by atoms with van der Waals surface area (Å²) in [5.74, 6) is -0.192. The van der Waals surface area contributed by atoms with Crippen molar-refractivity contribution in [3.63, 3.8) is 0 Å². The van der Waals surface area contributed by atoms with Crippen LogP contribution >= 0.6 is 0 Å². The number of rotatable bonds is 5. The maximum atomic E-state index is 12.4. The fourth-order valence-corrected chi connectivity index (χ4v) is 4.30. The average Bonchev–Trinajstić information content (AvgIpc) is 2.52. The first-order valence-electron chi connectivity index (χ1n) is 8.86. The van der Waals surface area contributed by atoms with E-state index in [1.54, 1.807) is 29.2 Å². The molecule has 0 unspecified atom stereocenters. The van der Waals surface area contributed by atoms with Gasteiger partial charge in [-0.2, -0.15) is 0 Å². The second kappa shape index (κ2) is 7.87. The minimum atomic E-state index is -3.40. The van der Waals surface area contributed by atoms with Gasteiger partial charge in [-0.05, 0) is 24.5 Å². The molecule has 1 aromatic carbocycles. The number of nitrogens with zero attached hydrogens (tertiary/aromatic N) is 2. The molecule has 1 amide bonds. The van der Waals surface area contributed by atoms with Crippen molar-refractivity contribution >= 4 is 15.7 Å². The van der Waals surface area contributed by atoms with Crippen molar-refractivity contribution in [2.24, 2.45) is 5.41 Å². The van der Waals surface area contributed by atoms with E-state index in [-0.39, 0.29) is 23.5 Å². The molecule has 0 aliphatic carbocycles. The molecule has 0 saturated carbocycles. The van der Waals surface area contributed by atoms with Crippen LogP contribution in [-0.4, -0.2) is 62.6 Å². The van der Waals surface area contributed by atoms with E-state index in [1.165, 1.54) is 0 Å². The summed E-state index contributed by atoms with van der Waals surface area (Å²) in [4.78, 5) is 16.8. The van der Waals surface area contributed by atoms with Crippen LogP contribution < -0.4 is 0 Å². The number of benzene rings is 1. The number of sulfone groups is 1. The van der Waals surface area contributed by atoms with E-state index in [4.69, 9.17) is 0 Å². The zero-order valence-corrected chi connectivity index (χ0v) is 16.6. The van der Waals surface area contributed by atoms with Crippen LogP contribution in [0, 0.1) is 12.3 Å². The van der Waals surface area contributed by atoms with E-state index in [9.17, 15) is 13.2 Å². The van der Waals surface area contributed by atoms with E-state index < -0.39 is 9.84 Å². The molecule has 140 valence electrons. The first-order chi connectivity index (χ1) is 11.6. The first-order valence-corrected chi connectivity index (χ1v) is 10.5. The van der Waals surface area contributed by atoms with E-state index in [0.29, 0.717) is 18.0 Å². The molecule has 0 aromatic heterocycles. The Hall–Kier alpha value is -1.40. The highest BCUT2D eigenvalue weighted by Crippen LogP contribution is 2.17. The standard InChI is InChI=1S/C19H30N2O3S/c1-16-5-7-17(8-6-16)25(23,24)14-9-18(22)21-12-10-20(11-13-21)15-19(2,3)4/h5-8H,9-15H2,1-4H3. The van der Waals surface area contributed by atoms with E-state index in [2.05, 4.69) is 25.7 Å². The number of amides is 1. The van der Waals surface area contributed by atoms with Gasteiger partial charge in [-0.15, -0.1) is 0 Å². The van der Waals surface area contributed by atoms with Crippen molar-refractivity contribution in [3.8, 4) is 0 Å². The number of carbonyl (C=O) groups is 1. The zero-order valence-electron chi connectivity index (χ0n) is 15.8. The highest BCUT2D eigenvalue weighted by molar-refractivity contribution is 7.91. The molecule has 2 rings (SSSR count).